The second-order valence-corrected chi connectivity index (χ2v) is 6.16. The number of amidine groups is 1. The lowest BCUT2D eigenvalue weighted by atomic mass is 10.1. The van der Waals surface area contributed by atoms with E-state index in [2.05, 4.69) is 32.9 Å². The van der Waals surface area contributed by atoms with E-state index in [0.29, 0.717) is 0 Å². The summed E-state index contributed by atoms with van der Waals surface area (Å²) in [7, 11) is 0. The Balaban J connectivity index is 2.39. The van der Waals surface area contributed by atoms with Gasteiger partial charge in [-0.1, -0.05) is 52.5 Å². The average molecular weight is 279 g/mol. The molecule has 0 aromatic carbocycles. The molecule has 0 radical (unpaired) electrons. The van der Waals surface area contributed by atoms with Crippen LogP contribution in [0.15, 0.2) is 17.1 Å². The molecule has 20 heavy (non-hydrogen) atoms. The number of nitrogens with zero attached hydrogens (tertiary/aromatic N) is 2. The highest BCUT2D eigenvalue weighted by Gasteiger charge is 2.34. The molecule has 0 spiro atoms. The summed E-state index contributed by atoms with van der Waals surface area (Å²) < 4.78 is 1.14. The first-order valence-electron chi connectivity index (χ1n) is 8.86. The molecule has 2 nitrogen and oxygen atoms in total. The van der Waals surface area contributed by atoms with Gasteiger partial charge in [0.2, 0.25) is 5.84 Å². The lowest BCUT2D eigenvalue weighted by Crippen LogP contribution is -2.51. The van der Waals surface area contributed by atoms with Gasteiger partial charge in [0.05, 0.1) is 19.6 Å². The smallest absolute Gasteiger partial charge is 0.222 e. The number of quaternary nitrogens is 1. The predicted molar refractivity (Wildman–Crippen MR) is 90.3 cm³/mol. The van der Waals surface area contributed by atoms with Crippen molar-refractivity contribution in [3.05, 3.63) is 12.2 Å². The van der Waals surface area contributed by atoms with E-state index in [1.165, 1.54) is 76.8 Å². The van der Waals surface area contributed by atoms with Crippen LogP contribution >= 0.6 is 0 Å². The van der Waals surface area contributed by atoms with Crippen molar-refractivity contribution in [1.29, 1.82) is 0 Å². The summed E-state index contributed by atoms with van der Waals surface area (Å²) in [4.78, 5) is 4.78. The molecule has 0 saturated heterocycles. The monoisotopic (exact) mass is 279 g/mol. The molecule has 0 bridgehead atoms. The Labute approximate surface area is 126 Å². The first kappa shape index (κ1) is 17.4. The molecule has 0 aromatic heterocycles. The second kappa shape index (κ2) is 10.1. The second-order valence-electron chi connectivity index (χ2n) is 6.16. The predicted octanol–water partition coefficient (Wildman–Crippen LogP) is 4.95. The summed E-state index contributed by atoms with van der Waals surface area (Å²) in [5.74, 6) is 1.35. The van der Waals surface area contributed by atoms with Gasteiger partial charge in [-0.05, 0) is 25.7 Å². The number of hydrogen-bond donors (Lipinski definition) is 0. The molecule has 0 unspecified atom stereocenters. The third-order valence-corrected chi connectivity index (χ3v) is 4.33. The highest BCUT2D eigenvalue weighted by Crippen LogP contribution is 2.19. The van der Waals surface area contributed by atoms with Crippen molar-refractivity contribution < 1.29 is 4.48 Å². The van der Waals surface area contributed by atoms with E-state index in [1.54, 1.807) is 0 Å². The van der Waals surface area contributed by atoms with E-state index < -0.39 is 0 Å². The van der Waals surface area contributed by atoms with Crippen LogP contribution in [-0.4, -0.2) is 36.5 Å². The third kappa shape index (κ3) is 5.40. The zero-order valence-electron chi connectivity index (χ0n) is 14.0. The van der Waals surface area contributed by atoms with Crippen molar-refractivity contribution in [2.75, 3.05) is 26.2 Å². The lowest BCUT2D eigenvalue weighted by molar-refractivity contribution is -0.834. The van der Waals surface area contributed by atoms with Crippen LogP contribution in [0.3, 0.4) is 0 Å². The molecule has 116 valence electrons. The van der Waals surface area contributed by atoms with Crippen molar-refractivity contribution >= 4 is 5.84 Å². The molecule has 2 heteroatoms. The number of hydrogen-bond acceptors (Lipinski definition) is 1. The average Bonchev–Trinajstić information content (AvgIpc) is 2.81. The Morgan fingerprint density at radius 1 is 0.950 bits per heavy atom. The fourth-order valence-electron chi connectivity index (χ4n) is 3.31. The van der Waals surface area contributed by atoms with Crippen LogP contribution in [0.25, 0.3) is 0 Å². The van der Waals surface area contributed by atoms with Crippen LogP contribution in [0.5, 0.6) is 0 Å². The van der Waals surface area contributed by atoms with Gasteiger partial charge in [-0.25, -0.2) is 4.99 Å². The Bertz CT molecular complexity index is 299. The molecule has 1 rings (SSSR count). The SMILES string of the molecule is CCCCCCCC=CC1=NCC[N+]1(CCC)CCC. The largest absolute Gasteiger partial charge is 0.273 e. The summed E-state index contributed by atoms with van der Waals surface area (Å²) >= 11 is 0. The molecule has 0 N–H and O–H groups in total. The quantitative estimate of drug-likeness (QED) is 0.375. The van der Waals surface area contributed by atoms with Gasteiger partial charge in [0.25, 0.3) is 0 Å². The first-order valence-corrected chi connectivity index (χ1v) is 8.86. The Morgan fingerprint density at radius 3 is 2.30 bits per heavy atom. The van der Waals surface area contributed by atoms with Crippen molar-refractivity contribution in [3.8, 4) is 0 Å². The molecule has 0 saturated carbocycles. The van der Waals surface area contributed by atoms with Gasteiger partial charge in [0.1, 0.15) is 6.54 Å². The van der Waals surface area contributed by atoms with Crippen LogP contribution in [0.2, 0.25) is 0 Å². The Hall–Kier alpha value is -0.630. The van der Waals surface area contributed by atoms with Gasteiger partial charge in [0, 0.05) is 6.08 Å². The van der Waals surface area contributed by atoms with E-state index >= 15 is 0 Å². The normalized spacial score (nSPS) is 17.9. The number of unbranched alkanes of at least 4 members (excludes halogenated alkanes) is 5. The van der Waals surface area contributed by atoms with Crippen molar-refractivity contribution in [3.63, 3.8) is 0 Å². The Kier molecular flexibility index (Phi) is 8.84. The van der Waals surface area contributed by atoms with Gasteiger partial charge in [-0.15, -0.1) is 0 Å². The van der Waals surface area contributed by atoms with Gasteiger partial charge in [-0.3, -0.25) is 4.48 Å². The summed E-state index contributed by atoms with van der Waals surface area (Å²) in [5, 5.41) is 0. The van der Waals surface area contributed by atoms with Crippen LogP contribution < -0.4 is 0 Å². The summed E-state index contributed by atoms with van der Waals surface area (Å²) in [5.41, 5.74) is 0. The fourth-order valence-corrected chi connectivity index (χ4v) is 3.31. The molecule has 1 aliphatic rings. The van der Waals surface area contributed by atoms with Crippen LogP contribution in [0.4, 0.5) is 0 Å². The maximum absolute atomic E-state index is 4.78. The first-order chi connectivity index (χ1) is 9.79. The zero-order valence-corrected chi connectivity index (χ0v) is 14.0. The van der Waals surface area contributed by atoms with Crippen LogP contribution in [0.1, 0.15) is 72.1 Å². The molecule has 0 aromatic rings. The molecule has 1 heterocycles. The van der Waals surface area contributed by atoms with E-state index in [4.69, 9.17) is 4.99 Å². The summed E-state index contributed by atoms with van der Waals surface area (Å²) in [6, 6.07) is 0. The lowest BCUT2D eigenvalue weighted by Gasteiger charge is -2.33. The van der Waals surface area contributed by atoms with Crippen molar-refractivity contribution in [2.24, 2.45) is 4.99 Å². The summed E-state index contributed by atoms with van der Waals surface area (Å²) in [6.07, 6.45) is 15.3. The molecular formula is C18H35N2+. The fraction of sp³-hybridized carbons (Fsp3) is 0.833. The minimum atomic E-state index is 1.02. The molecule has 1 aliphatic heterocycles. The van der Waals surface area contributed by atoms with E-state index in [9.17, 15) is 0 Å². The van der Waals surface area contributed by atoms with Crippen molar-refractivity contribution in [1.82, 2.24) is 0 Å². The number of allylic oxidation sites excluding steroid dienone is 1. The highest BCUT2D eigenvalue weighted by molar-refractivity contribution is 5.88. The zero-order chi connectivity index (χ0) is 14.7. The maximum Gasteiger partial charge on any atom is 0.222 e. The van der Waals surface area contributed by atoms with Crippen molar-refractivity contribution in [2.45, 2.75) is 72.1 Å². The Morgan fingerprint density at radius 2 is 1.65 bits per heavy atom. The molecule has 0 amide bonds. The topological polar surface area (TPSA) is 12.4 Å². The number of rotatable bonds is 11. The number of aliphatic imine (C=N–C) groups is 1. The van der Waals surface area contributed by atoms with Gasteiger partial charge >= 0.3 is 0 Å². The van der Waals surface area contributed by atoms with Gasteiger partial charge in [0.15, 0.2) is 0 Å². The maximum atomic E-state index is 4.78. The van der Waals surface area contributed by atoms with E-state index in [1.807, 2.05) is 0 Å². The minimum absolute atomic E-state index is 1.02. The van der Waals surface area contributed by atoms with Gasteiger partial charge in [-0.2, -0.15) is 0 Å². The molecule has 0 aliphatic carbocycles. The van der Waals surface area contributed by atoms with Crippen LogP contribution in [0, 0.1) is 0 Å². The molecule has 0 atom stereocenters. The van der Waals surface area contributed by atoms with E-state index in [0.717, 1.165) is 11.0 Å². The summed E-state index contributed by atoms with van der Waals surface area (Å²) in [6.45, 7) is 11.6. The van der Waals surface area contributed by atoms with E-state index in [-0.39, 0.29) is 0 Å². The van der Waals surface area contributed by atoms with Crippen LogP contribution in [-0.2, 0) is 0 Å². The third-order valence-electron chi connectivity index (χ3n) is 4.33. The minimum Gasteiger partial charge on any atom is -0.273 e. The van der Waals surface area contributed by atoms with Gasteiger partial charge < -0.3 is 0 Å². The molecular weight excluding hydrogens is 244 g/mol. The molecule has 0 fully saturated rings. The standard InChI is InChI=1S/C18H35N2/c1-4-7-8-9-10-11-12-13-18-19-14-17-20(18,15-5-2)16-6-3/h12-13H,4-11,14-17H2,1-3H3/q+1. The highest BCUT2D eigenvalue weighted by atomic mass is 15.4.